The quantitative estimate of drug-likeness (QED) is 0.389. The molecular formula is C24H21ClN4OS. The van der Waals surface area contributed by atoms with Crippen molar-refractivity contribution < 1.29 is 4.79 Å². The van der Waals surface area contributed by atoms with E-state index in [1.54, 1.807) is 6.33 Å². The second-order valence-electron chi connectivity index (χ2n) is 6.99. The largest absolute Gasteiger partial charge is 0.344 e. The first-order chi connectivity index (χ1) is 15.1. The molecule has 0 radical (unpaired) electrons. The van der Waals surface area contributed by atoms with Crippen LogP contribution in [0.4, 0.5) is 0 Å². The molecule has 1 N–H and O–H groups in total. The Morgan fingerprint density at radius 2 is 1.61 bits per heavy atom. The lowest BCUT2D eigenvalue weighted by Crippen LogP contribution is -2.35. The fourth-order valence-corrected chi connectivity index (χ4v) is 4.27. The van der Waals surface area contributed by atoms with Gasteiger partial charge in [0.25, 0.3) is 0 Å². The summed E-state index contributed by atoms with van der Waals surface area (Å²) < 4.78 is 1.83. The van der Waals surface area contributed by atoms with Crippen LogP contribution in [-0.2, 0) is 4.79 Å². The van der Waals surface area contributed by atoms with Crippen LogP contribution in [0.15, 0.2) is 96.4 Å². The van der Waals surface area contributed by atoms with E-state index < -0.39 is 0 Å². The number of benzene rings is 3. The maximum absolute atomic E-state index is 13.1. The number of nitrogens with one attached hydrogen (secondary N) is 1. The van der Waals surface area contributed by atoms with Crippen LogP contribution < -0.4 is 5.32 Å². The first-order valence-corrected chi connectivity index (χ1v) is 11.1. The summed E-state index contributed by atoms with van der Waals surface area (Å²) in [6.07, 6.45) is 1.62. The molecule has 0 saturated heterocycles. The monoisotopic (exact) mass is 448 g/mol. The molecule has 0 aliphatic rings. The Labute approximate surface area is 190 Å². The lowest BCUT2D eigenvalue weighted by Gasteiger charge is -2.22. The molecule has 4 rings (SSSR count). The van der Waals surface area contributed by atoms with E-state index in [4.69, 9.17) is 11.6 Å². The minimum Gasteiger partial charge on any atom is -0.344 e. The fourth-order valence-electron chi connectivity index (χ4n) is 3.23. The van der Waals surface area contributed by atoms with Crippen molar-refractivity contribution in [2.75, 3.05) is 0 Å². The lowest BCUT2D eigenvalue weighted by atomic mass is 9.98. The van der Waals surface area contributed by atoms with E-state index in [2.05, 4.69) is 15.5 Å². The zero-order valence-corrected chi connectivity index (χ0v) is 18.4. The number of hydrogen-bond donors (Lipinski definition) is 1. The van der Waals surface area contributed by atoms with Gasteiger partial charge < -0.3 is 5.32 Å². The molecule has 5 nitrogen and oxygen atoms in total. The van der Waals surface area contributed by atoms with Gasteiger partial charge in [-0.25, -0.2) is 0 Å². The van der Waals surface area contributed by atoms with Gasteiger partial charge in [0.05, 0.1) is 17.0 Å². The minimum atomic E-state index is -0.378. The summed E-state index contributed by atoms with van der Waals surface area (Å²) in [5.41, 5.74) is 2.90. The molecular weight excluding hydrogens is 428 g/mol. The van der Waals surface area contributed by atoms with Crippen LogP contribution in [0.5, 0.6) is 0 Å². The molecule has 1 amide bonds. The van der Waals surface area contributed by atoms with Gasteiger partial charge in [0.1, 0.15) is 6.33 Å². The minimum absolute atomic E-state index is 0.0802. The Balaban J connectivity index is 1.52. The lowest BCUT2D eigenvalue weighted by molar-refractivity contribution is -0.120. The predicted octanol–water partition coefficient (Wildman–Crippen LogP) is 5.31. The maximum Gasteiger partial charge on any atom is 0.234 e. The van der Waals surface area contributed by atoms with E-state index in [1.807, 2.05) is 96.4 Å². The van der Waals surface area contributed by atoms with Crippen molar-refractivity contribution in [1.82, 2.24) is 20.1 Å². The van der Waals surface area contributed by atoms with Crippen LogP contribution in [0.2, 0.25) is 5.02 Å². The number of aromatic nitrogens is 3. The molecule has 0 saturated carbocycles. The number of carbonyl (C=O) groups excluding carboxylic acids is 1. The highest BCUT2D eigenvalue weighted by Crippen LogP contribution is 2.27. The number of carbonyl (C=O) groups is 1. The highest BCUT2D eigenvalue weighted by Gasteiger charge is 2.23. The third kappa shape index (κ3) is 5.16. The predicted molar refractivity (Wildman–Crippen MR) is 125 cm³/mol. The number of rotatable bonds is 7. The standard InChI is InChI=1S/C24H21ClN4OS/c1-17(31-24-28-26-16-29(24)21-14-8-13-20(25)15-21)23(30)27-22(18-9-4-2-5-10-18)19-11-6-3-7-12-19/h2-17,22H,1H3,(H,27,30). The van der Waals surface area contributed by atoms with E-state index >= 15 is 0 Å². The van der Waals surface area contributed by atoms with E-state index in [9.17, 15) is 4.79 Å². The van der Waals surface area contributed by atoms with E-state index in [0.29, 0.717) is 10.2 Å². The van der Waals surface area contributed by atoms with Gasteiger partial charge in [0.15, 0.2) is 5.16 Å². The molecule has 4 aromatic rings. The number of nitrogens with zero attached hydrogens (tertiary/aromatic N) is 3. The second kappa shape index (κ2) is 9.81. The van der Waals surface area contributed by atoms with Crippen molar-refractivity contribution >= 4 is 29.3 Å². The van der Waals surface area contributed by atoms with Crippen molar-refractivity contribution in [2.24, 2.45) is 0 Å². The normalized spacial score (nSPS) is 12.0. The Morgan fingerprint density at radius 3 is 2.23 bits per heavy atom. The van der Waals surface area contributed by atoms with Crippen LogP contribution in [0.3, 0.4) is 0 Å². The number of hydrogen-bond acceptors (Lipinski definition) is 4. The molecule has 0 bridgehead atoms. The molecule has 0 aliphatic heterocycles. The van der Waals surface area contributed by atoms with Crippen molar-refractivity contribution in [1.29, 1.82) is 0 Å². The highest BCUT2D eigenvalue weighted by atomic mass is 35.5. The SMILES string of the molecule is CC(Sc1nncn1-c1cccc(Cl)c1)C(=O)NC(c1ccccc1)c1ccccc1. The maximum atomic E-state index is 13.1. The molecule has 0 aliphatic carbocycles. The van der Waals surface area contributed by atoms with Gasteiger partial charge >= 0.3 is 0 Å². The van der Waals surface area contributed by atoms with Crippen LogP contribution in [-0.4, -0.2) is 25.9 Å². The zero-order chi connectivity index (χ0) is 21.6. The van der Waals surface area contributed by atoms with Crippen LogP contribution in [0, 0.1) is 0 Å². The van der Waals surface area contributed by atoms with Gasteiger partial charge in [0, 0.05) is 5.02 Å². The zero-order valence-electron chi connectivity index (χ0n) is 16.9. The molecule has 1 heterocycles. The summed E-state index contributed by atoms with van der Waals surface area (Å²) in [6.45, 7) is 1.87. The van der Waals surface area contributed by atoms with Crippen molar-refractivity contribution in [2.45, 2.75) is 23.4 Å². The van der Waals surface area contributed by atoms with Gasteiger partial charge in [-0.05, 0) is 36.2 Å². The molecule has 0 spiro atoms. The average Bonchev–Trinajstić information content (AvgIpc) is 3.26. The van der Waals surface area contributed by atoms with Crippen molar-refractivity contribution in [3.8, 4) is 5.69 Å². The van der Waals surface area contributed by atoms with Crippen LogP contribution in [0.25, 0.3) is 5.69 Å². The number of halogens is 1. The molecule has 1 atom stereocenters. The van der Waals surface area contributed by atoms with E-state index in [0.717, 1.165) is 16.8 Å². The van der Waals surface area contributed by atoms with Crippen LogP contribution in [0.1, 0.15) is 24.1 Å². The fraction of sp³-hybridized carbons (Fsp3) is 0.125. The van der Waals surface area contributed by atoms with E-state index in [-0.39, 0.29) is 17.2 Å². The summed E-state index contributed by atoms with van der Waals surface area (Å²) in [6, 6.07) is 27.1. The molecule has 1 unspecified atom stereocenters. The van der Waals surface area contributed by atoms with Crippen molar-refractivity contribution in [3.05, 3.63) is 107 Å². The second-order valence-corrected chi connectivity index (χ2v) is 8.73. The van der Waals surface area contributed by atoms with Crippen LogP contribution >= 0.6 is 23.4 Å². The van der Waals surface area contributed by atoms with Gasteiger partial charge in [0.2, 0.25) is 5.91 Å². The third-order valence-corrected chi connectivity index (χ3v) is 6.10. The van der Waals surface area contributed by atoms with E-state index in [1.165, 1.54) is 11.8 Å². The summed E-state index contributed by atoms with van der Waals surface area (Å²) >= 11 is 7.47. The van der Waals surface area contributed by atoms with Gasteiger partial charge in [-0.1, -0.05) is 90.1 Å². The first-order valence-electron chi connectivity index (χ1n) is 9.84. The molecule has 31 heavy (non-hydrogen) atoms. The van der Waals surface area contributed by atoms with Crippen molar-refractivity contribution in [3.63, 3.8) is 0 Å². The van der Waals surface area contributed by atoms with Gasteiger partial charge in [-0.2, -0.15) is 0 Å². The molecule has 3 aromatic carbocycles. The Bertz CT molecular complexity index is 1110. The Morgan fingerprint density at radius 1 is 0.968 bits per heavy atom. The number of amides is 1. The van der Waals surface area contributed by atoms with Gasteiger partial charge in [-0.15, -0.1) is 10.2 Å². The summed E-state index contributed by atoms with van der Waals surface area (Å²) in [7, 11) is 0. The Hall–Kier alpha value is -3.09. The summed E-state index contributed by atoms with van der Waals surface area (Å²) in [5, 5.41) is 12.3. The smallest absolute Gasteiger partial charge is 0.234 e. The summed E-state index contributed by atoms with van der Waals surface area (Å²) in [4.78, 5) is 13.1. The average molecular weight is 449 g/mol. The molecule has 1 aromatic heterocycles. The Kier molecular flexibility index (Phi) is 6.70. The molecule has 156 valence electrons. The number of thioether (sulfide) groups is 1. The molecule has 7 heteroatoms. The highest BCUT2D eigenvalue weighted by molar-refractivity contribution is 8.00. The first kappa shape index (κ1) is 21.2. The molecule has 0 fully saturated rings. The van der Waals surface area contributed by atoms with Gasteiger partial charge in [-0.3, -0.25) is 9.36 Å². The third-order valence-electron chi connectivity index (χ3n) is 4.81. The summed E-state index contributed by atoms with van der Waals surface area (Å²) in [5.74, 6) is -0.0802. The topological polar surface area (TPSA) is 59.8 Å².